The highest BCUT2D eigenvalue weighted by atomic mass is 32.2. The molecule has 0 aliphatic carbocycles. The molecule has 0 amide bonds. The standard InChI is InChI=1S/C28H26N4O5S2/c1-18(2)27-30-31-28(38-27)32-39(33,34)24-15-13-21(14-16-24)35-17-25-19(3)36-26(29-25)20-9-11-23(12-10-20)37-22-7-5-4-6-8-22/h4-16,18H,17H2,1-3H3,(H,31,32). The minimum atomic E-state index is -3.80. The second-order valence-corrected chi connectivity index (χ2v) is 11.6. The fourth-order valence-corrected chi connectivity index (χ4v) is 5.50. The van der Waals surface area contributed by atoms with Gasteiger partial charge in [0.1, 0.15) is 40.3 Å². The Balaban J connectivity index is 1.20. The van der Waals surface area contributed by atoms with Crippen molar-refractivity contribution in [3.8, 4) is 28.7 Å². The molecule has 39 heavy (non-hydrogen) atoms. The van der Waals surface area contributed by atoms with E-state index in [0.29, 0.717) is 28.8 Å². The summed E-state index contributed by atoms with van der Waals surface area (Å²) in [7, 11) is -3.80. The van der Waals surface area contributed by atoms with Crippen LogP contribution in [0.15, 0.2) is 88.2 Å². The molecule has 0 spiro atoms. The summed E-state index contributed by atoms with van der Waals surface area (Å²) in [5.74, 6) is 3.25. The summed E-state index contributed by atoms with van der Waals surface area (Å²) in [6.45, 7) is 5.93. The van der Waals surface area contributed by atoms with Gasteiger partial charge >= 0.3 is 0 Å². The molecule has 0 aliphatic heterocycles. The van der Waals surface area contributed by atoms with Crippen LogP contribution >= 0.6 is 11.3 Å². The molecule has 0 unspecified atom stereocenters. The molecule has 5 rings (SSSR count). The van der Waals surface area contributed by atoms with E-state index in [-0.39, 0.29) is 22.6 Å². The second-order valence-electron chi connectivity index (χ2n) is 8.93. The molecule has 0 bridgehead atoms. The predicted octanol–water partition coefficient (Wildman–Crippen LogP) is 6.80. The molecule has 0 radical (unpaired) electrons. The Morgan fingerprint density at radius 1 is 0.897 bits per heavy atom. The van der Waals surface area contributed by atoms with Crippen LogP contribution in [0.4, 0.5) is 5.13 Å². The minimum absolute atomic E-state index is 0.0933. The van der Waals surface area contributed by atoms with Crippen molar-refractivity contribution in [2.24, 2.45) is 0 Å². The van der Waals surface area contributed by atoms with Crippen LogP contribution in [0.3, 0.4) is 0 Å². The first-order chi connectivity index (χ1) is 18.8. The van der Waals surface area contributed by atoms with Crippen LogP contribution in [-0.2, 0) is 16.6 Å². The van der Waals surface area contributed by atoms with Gasteiger partial charge in [-0.05, 0) is 67.6 Å². The van der Waals surface area contributed by atoms with E-state index < -0.39 is 10.0 Å². The van der Waals surface area contributed by atoms with Crippen LogP contribution in [0, 0.1) is 6.92 Å². The van der Waals surface area contributed by atoms with E-state index in [1.165, 1.54) is 23.5 Å². The SMILES string of the molecule is Cc1oc(-c2ccc(Oc3ccccc3)cc2)nc1COc1ccc(S(=O)(=O)Nc2nnc(C(C)C)s2)cc1. The van der Waals surface area contributed by atoms with Gasteiger partial charge in [-0.15, -0.1) is 10.2 Å². The average molecular weight is 563 g/mol. The smallest absolute Gasteiger partial charge is 0.263 e. The molecule has 200 valence electrons. The number of benzene rings is 3. The van der Waals surface area contributed by atoms with Gasteiger partial charge in [0, 0.05) is 11.5 Å². The first-order valence-electron chi connectivity index (χ1n) is 12.2. The number of para-hydroxylation sites is 1. The first-order valence-corrected chi connectivity index (χ1v) is 14.5. The molecule has 0 saturated carbocycles. The number of hydrogen-bond acceptors (Lipinski definition) is 9. The van der Waals surface area contributed by atoms with Crippen molar-refractivity contribution in [3.05, 3.63) is 95.3 Å². The highest BCUT2D eigenvalue weighted by Crippen LogP contribution is 2.28. The van der Waals surface area contributed by atoms with Crippen molar-refractivity contribution in [2.45, 2.75) is 38.2 Å². The number of rotatable bonds is 10. The molecule has 0 saturated heterocycles. The molecule has 2 heterocycles. The monoisotopic (exact) mass is 562 g/mol. The summed E-state index contributed by atoms with van der Waals surface area (Å²) in [5.41, 5.74) is 1.45. The fraction of sp³-hybridized carbons (Fsp3) is 0.179. The van der Waals surface area contributed by atoms with Gasteiger partial charge in [-0.25, -0.2) is 13.4 Å². The van der Waals surface area contributed by atoms with Gasteiger partial charge in [-0.3, -0.25) is 4.72 Å². The normalized spacial score (nSPS) is 11.5. The molecule has 3 aromatic carbocycles. The zero-order valence-electron chi connectivity index (χ0n) is 21.5. The van der Waals surface area contributed by atoms with Crippen molar-refractivity contribution in [2.75, 3.05) is 4.72 Å². The molecular weight excluding hydrogens is 536 g/mol. The molecule has 5 aromatic rings. The number of aromatic nitrogens is 3. The summed E-state index contributed by atoms with van der Waals surface area (Å²) in [4.78, 5) is 4.67. The molecule has 0 aliphatic rings. The second kappa shape index (κ2) is 11.3. The zero-order valence-corrected chi connectivity index (χ0v) is 23.1. The van der Waals surface area contributed by atoms with Crippen LogP contribution in [0.1, 0.15) is 36.2 Å². The van der Waals surface area contributed by atoms with E-state index in [9.17, 15) is 8.42 Å². The molecule has 2 aromatic heterocycles. The van der Waals surface area contributed by atoms with Crippen molar-refractivity contribution in [1.82, 2.24) is 15.2 Å². The molecule has 1 N–H and O–H groups in total. The first kappa shape index (κ1) is 26.4. The molecule has 9 nitrogen and oxygen atoms in total. The summed E-state index contributed by atoms with van der Waals surface area (Å²) < 4.78 is 45.5. The fourth-order valence-electron chi connectivity index (χ4n) is 3.53. The van der Waals surface area contributed by atoms with Crippen LogP contribution < -0.4 is 14.2 Å². The number of aryl methyl sites for hydroxylation is 1. The van der Waals surface area contributed by atoms with Gasteiger partial charge in [-0.1, -0.05) is 43.4 Å². The zero-order chi connectivity index (χ0) is 27.4. The van der Waals surface area contributed by atoms with Crippen molar-refractivity contribution < 1.29 is 22.3 Å². The van der Waals surface area contributed by atoms with E-state index in [1.807, 2.05) is 75.4 Å². The van der Waals surface area contributed by atoms with Gasteiger partial charge in [0.05, 0.1) is 4.90 Å². The summed E-state index contributed by atoms with van der Waals surface area (Å²) in [6.07, 6.45) is 0. The van der Waals surface area contributed by atoms with Gasteiger partial charge < -0.3 is 13.9 Å². The number of sulfonamides is 1. The molecule has 11 heteroatoms. The summed E-state index contributed by atoms with van der Waals surface area (Å²) >= 11 is 1.21. The Kier molecular flexibility index (Phi) is 7.62. The Morgan fingerprint density at radius 2 is 1.56 bits per heavy atom. The lowest BCUT2D eigenvalue weighted by Crippen LogP contribution is -2.12. The minimum Gasteiger partial charge on any atom is -0.487 e. The predicted molar refractivity (Wildman–Crippen MR) is 149 cm³/mol. The third-order valence-electron chi connectivity index (χ3n) is 5.64. The maximum Gasteiger partial charge on any atom is 0.263 e. The topological polar surface area (TPSA) is 116 Å². The Labute approximate surface area is 230 Å². The molecule has 0 atom stereocenters. The number of nitrogens with zero attached hydrogens (tertiary/aromatic N) is 3. The summed E-state index contributed by atoms with van der Waals surface area (Å²) in [5, 5.41) is 8.92. The Bertz CT molecular complexity index is 1650. The quantitative estimate of drug-likeness (QED) is 0.198. The maximum atomic E-state index is 12.7. The lowest BCUT2D eigenvalue weighted by atomic mass is 10.2. The van der Waals surface area contributed by atoms with Gasteiger partial charge in [0.15, 0.2) is 0 Å². The van der Waals surface area contributed by atoms with E-state index in [4.69, 9.17) is 13.9 Å². The number of anilines is 1. The highest BCUT2D eigenvalue weighted by Gasteiger charge is 2.18. The van der Waals surface area contributed by atoms with E-state index >= 15 is 0 Å². The highest BCUT2D eigenvalue weighted by molar-refractivity contribution is 7.93. The largest absolute Gasteiger partial charge is 0.487 e. The van der Waals surface area contributed by atoms with Crippen LogP contribution in [-0.4, -0.2) is 23.6 Å². The lowest BCUT2D eigenvalue weighted by molar-refractivity contribution is 0.299. The third kappa shape index (κ3) is 6.44. The number of nitrogens with one attached hydrogen (secondary N) is 1. The lowest BCUT2D eigenvalue weighted by Gasteiger charge is -2.07. The maximum absolute atomic E-state index is 12.7. The molecule has 0 fully saturated rings. The van der Waals surface area contributed by atoms with Crippen molar-refractivity contribution in [1.29, 1.82) is 0 Å². The number of oxazole rings is 1. The van der Waals surface area contributed by atoms with Crippen LogP contribution in [0.25, 0.3) is 11.5 Å². The Morgan fingerprint density at radius 3 is 2.23 bits per heavy atom. The van der Waals surface area contributed by atoms with Gasteiger partial charge in [0.25, 0.3) is 10.0 Å². The number of hydrogen-bond donors (Lipinski definition) is 1. The van der Waals surface area contributed by atoms with E-state index in [2.05, 4.69) is 19.9 Å². The van der Waals surface area contributed by atoms with Crippen LogP contribution in [0.2, 0.25) is 0 Å². The third-order valence-corrected chi connectivity index (χ3v) is 8.26. The summed E-state index contributed by atoms with van der Waals surface area (Å²) in [6, 6.07) is 23.2. The molecular formula is C28H26N4O5S2. The van der Waals surface area contributed by atoms with Gasteiger partial charge in [0.2, 0.25) is 11.0 Å². The Hall–Kier alpha value is -4.22. The van der Waals surface area contributed by atoms with Gasteiger partial charge in [-0.2, -0.15) is 0 Å². The van der Waals surface area contributed by atoms with E-state index in [1.54, 1.807) is 12.1 Å². The van der Waals surface area contributed by atoms with Crippen molar-refractivity contribution in [3.63, 3.8) is 0 Å². The van der Waals surface area contributed by atoms with Crippen molar-refractivity contribution >= 4 is 26.5 Å². The van der Waals surface area contributed by atoms with E-state index in [0.717, 1.165) is 16.3 Å². The number of ether oxygens (including phenoxy) is 2. The van der Waals surface area contributed by atoms with Crippen LogP contribution in [0.5, 0.6) is 17.2 Å². The average Bonchev–Trinajstić information content (AvgIpc) is 3.55.